The molecule has 0 spiro atoms. The molecule has 32 heavy (non-hydrogen) atoms. The van der Waals surface area contributed by atoms with Crippen molar-refractivity contribution < 1.29 is 14.3 Å². The molecular weight excluding hydrogens is 428 g/mol. The number of anilines is 2. The zero-order valence-corrected chi connectivity index (χ0v) is 18.2. The van der Waals surface area contributed by atoms with Crippen molar-refractivity contribution in [3.05, 3.63) is 83.5 Å². The predicted molar refractivity (Wildman–Crippen MR) is 124 cm³/mol. The number of hydrogen-bond acceptors (Lipinski definition) is 5. The summed E-state index contributed by atoms with van der Waals surface area (Å²) in [6, 6.07) is 19.9. The van der Waals surface area contributed by atoms with Gasteiger partial charge >= 0.3 is 0 Å². The first-order valence-corrected chi connectivity index (χ1v) is 10.7. The van der Waals surface area contributed by atoms with E-state index in [9.17, 15) is 9.59 Å². The number of hydrogen-bond donors (Lipinski definition) is 1. The number of benzene rings is 2. The average Bonchev–Trinajstić information content (AvgIpc) is 2.84. The summed E-state index contributed by atoms with van der Waals surface area (Å²) >= 11 is 6.16. The van der Waals surface area contributed by atoms with Gasteiger partial charge in [-0.25, -0.2) is 4.98 Å². The molecule has 7 nitrogen and oxygen atoms in total. The van der Waals surface area contributed by atoms with E-state index in [0.717, 1.165) is 5.82 Å². The standard InChI is InChI=1S/C24H23ClN4O3/c25-21-9-5-4-8-20(21)24(31)29-14-12-28(13-15-29)22-11-10-18(16-26-22)27-23(30)17-32-19-6-2-1-3-7-19/h1-11,16H,12-15,17H2,(H,27,30). The van der Waals surface area contributed by atoms with Gasteiger partial charge in [-0.3, -0.25) is 9.59 Å². The molecule has 0 bridgehead atoms. The van der Waals surface area contributed by atoms with Crippen LogP contribution in [0.3, 0.4) is 0 Å². The highest BCUT2D eigenvalue weighted by molar-refractivity contribution is 6.33. The second kappa shape index (κ2) is 10.2. The fourth-order valence-corrected chi connectivity index (χ4v) is 3.67. The van der Waals surface area contributed by atoms with Crippen LogP contribution >= 0.6 is 11.6 Å². The number of carbonyl (C=O) groups is 2. The van der Waals surface area contributed by atoms with Crippen molar-refractivity contribution in [2.24, 2.45) is 0 Å². The third kappa shape index (κ3) is 5.36. The Balaban J connectivity index is 1.27. The van der Waals surface area contributed by atoms with Crippen LogP contribution in [0, 0.1) is 0 Å². The van der Waals surface area contributed by atoms with E-state index in [-0.39, 0.29) is 18.4 Å². The molecule has 3 aromatic rings. The van der Waals surface area contributed by atoms with E-state index in [1.54, 1.807) is 35.4 Å². The zero-order chi connectivity index (χ0) is 22.3. The number of para-hydroxylation sites is 1. The van der Waals surface area contributed by atoms with E-state index in [1.807, 2.05) is 42.5 Å². The first-order chi connectivity index (χ1) is 15.6. The normalized spacial score (nSPS) is 13.5. The molecule has 0 unspecified atom stereocenters. The number of ether oxygens (including phenoxy) is 1. The number of carbonyl (C=O) groups excluding carboxylic acids is 2. The number of amides is 2. The van der Waals surface area contributed by atoms with Gasteiger partial charge in [0, 0.05) is 26.2 Å². The SMILES string of the molecule is O=C(COc1ccccc1)Nc1ccc(N2CCN(C(=O)c3ccccc3Cl)CC2)nc1. The maximum absolute atomic E-state index is 12.7. The maximum Gasteiger partial charge on any atom is 0.262 e. The highest BCUT2D eigenvalue weighted by atomic mass is 35.5. The molecule has 4 rings (SSSR count). The summed E-state index contributed by atoms with van der Waals surface area (Å²) in [6.45, 7) is 2.43. The Morgan fingerprint density at radius 3 is 2.34 bits per heavy atom. The number of halogens is 1. The van der Waals surface area contributed by atoms with Gasteiger partial charge in [-0.15, -0.1) is 0 Å². The van der Waals surface area contributed by atoms with Crippen molar-refractivity contribution in [2.75, 3.05) is 43.0 Å². The number of rotatable bonds is 6. The molecule has 1 aliphatic rings. The number of pyridine rings is 1. The fourth-order valence-electron chi connectivity index (χ4n) is 3.45. The molecule has 0 atom stereocenters. The Kier molecular flexibility index (Phi) is 6.87. The number of aromatic nitrogens is 1. The molecule has 2 heterocycles. The van der Waals surface area contributed by atoms with Crippen molar-refractivity contribution in [1.29, 1.82) is 0 Å². The topological polar surface area (TPSA) is 74.8 Å². The summed E-state index contributed by atoms with van der Waals surface area (Å²) in [6.07, 6.45) is 1.62. The molecule has 1 aliphatic heterocycles. The van der Waals surface area contributed by atoms with Gasteiger partial charge in [-0.1, -0.05) is 41.9 Å². The Morgan fingerprint density at radius 1 is 0.938 bits per heavy atom. The van der Waals surface area contributed by atoms with E-state index in [2.05, 4.69) is 15.2 Å². The Hall–Kier alpha value is -3.58. The Labute approximate surface area is 191 Å². The summed E-state index contributed by atoms with van der Waals surface area (Å²) in [5, 5.41) is 3.24. The van der Waals surface area contributed by atoms with Crippen LogP contribution in [0.25, 0.3) is 0 Å². The van der Waals surface area contributed by atoms with Gasteiger partial charge in [0.05, 0.1) is 22.5 Å². The lowest BCUT2D eigenvalue weighted by Crippen LogP contribution is -2.49. The van der Waals surface area contributed by atoms with Crippen molar-refractivity contribution >= 4 is 34.9 Å². The molecule has 1 aromatic heterocycles. The molecule has 1 N–H and O–H groups in total. The van der Waals surface area contributed by atoms with Crippen molar-refractivity contribution in [2.45, 2.75) is 0 Å². The highest BCUT2D eigenvalue weighted by Gasteiger charge is 2.24. The van der Waals surface area contributed by atoms with E-state index >= 15 is 0 Å². The van der Waals surface area contributed by atoms with Crippen LogP contribution in [0.2, 0.25) is 5.02 Å². The largest absolute Gasteiger partial charge is 0.484 e. The smallest absolute Gasteiger partial charge is 0.262 e. The summed E-state index contributed by atoms with van der Waals surface area (Å²) in [5.41, 5.74) is 1.13. The van der Waals surface area contributed by atoms with Crippen LogP contribution in [0.15, 0.2) is 72.9 Å². The molecule has 8 heteroatoms. The van der Waals surface area contributed by atoms with Crippen molar-refractivity contribution in [1.82, 2.24) is 9.88 Å². The monoisotopic (exact) mass is 450 g/mol. The van der Waals surface area contributed by atoms with Gasteiger partial charge in [0.25, 0.3) is 11.8 Å². The maximum atomic E-state index is 12.7. The highest BCUT2D eigenvalue weighted by Crippen LogP contribution is 2.20. The van der Waals surface area contributed by atoms with Gasteiger partial charge < -0.3 is 19.9 Å². The van der Waals surface area contributed by atoms with E-state index in [0.29, 0.717) is 48.2 Å². The molecule has 1 saturated heterocycles. The third-order valence-electron chi connectivity index (χ3n) is 5.14. The quantitative estimate of drug-likeness (QED) is 0.619. The lowest BCUT2D eigenvalue weighted by molar-refractivity contribution is -0.118. The van der Waals surface area contributed by atoms with Crippen LogP contribution in [0.1, 0.15) is 10.4 Å². The second-order valence-electron chi connectivity index (χ2n) is 7.31. The van der Waals surface area contributed by atoms with Crippen LogP contribution in [0.4, 0.5) is 11.5 Å². The van der Waals surface area contributed by atoms with E-state index in [4.69, 9.17) is 16.3 Å². The van der Waals surface area contributed by atoms with E-state index in [1.165, 1.54) is 0 Å². The lowest BCUT2D eigenvalue weighted by atomic mass is 10.2. The Bertz CT molecular complexity index is 1070. The molecule has 164 valence electrons. The summed E-state index contributed by atoms with van der Waals surface area (Å²) in [7, 11) is 0. The second-order valence-corrected chi connectivity index (χ2v) is 7.72. The molecule has 0 aliphatic carbocycles. The van der Waals surface area contributed by atoms with Crippen LogP contribution in [-0.4, -0.2) is 54.5 Å². The lowest BCUT2D eigenvalue weighted by Gasteiger charge is -2.35. The molecule has 2 amide bonds. The molecule has 0 saturated carbocycles. The van der Waals surface area contributed by atoms with Crippen LogP contribution in [0.5, 0.6) is 5.75 Å². The molecule has 1 fully saturated rings. The number of nitrogens with zero attached hydrogens (tertiary/aromatic N) is 3. The number of piperazine rings is 1. The van der Waals surface area contributed by atoms with Gasteiger partial charge in [-0.05, 0) is 36.4 Å². The Morgan fingerprint density at radius 2 is 1.66 bits per heavy atom. The summed E-state index contributed by atoms with van der Waals surface area (Å²) in [4.78, 5) is 33.2. The minimum Gasteiger partial charge on any atom is -0.484 e. The van der Waals surface area contributed by atoms with Crippen LogP contribution < -0.4 is 15.0 Å². The van der Waals surface area contributed by atoms with E-state index < -0.39 is 0 Å². The zero-order valence-electron chi connectivity index (χ0n) is 17.4. The van der Waals surface area contributed by atoms with Gasteiger partial charge in [0.1, 0.15) is 11.6 Å². The average molecular weight is 451 g/mol. The summed E-state index contributed by atoms with van der Waals surface area (Å²) < 4.78 is 5.45. The van der Waals surface area contributed by atoms with Crippen molar-refractivity contribution in [3.63, 3.8) is 0 Å². The molecule has 2 aromatic carbocycles. The predicted octanol–water partition coefficient (Wildman–Crippen LogP) is 3.71. The minimum absolute atomic E-state index is 0.0565. The third-order valence-corrected chi connectivity index (χ3v) is 5.47. The number of nitrogens with one attached hydrogen (secondary N) is 1. The van der Waals surface area contributed by atoms with Crippen molar-refractivity contribution in [3.8, 4) is 5.75 Å². The molecule has 0 radical (unpaired) electrons. The van der Waals surface area contributed by atoms with Crippen LogP contribution in [-0.2, 0) is 4.79 Å². The van der Waals surface area contributed by atoms with Gasteiger partial charge in [-0.2, -0.15) is 0 Å². The van der Waals surface area contributed by atoms with Gasteiger partial charge in [0.2, 0.25) is 0 Å². The minimum atomic E-state index is -0.255. The molecular formula is C24H23ClN4O3. The summed E-state index contributed by atoms with van der Waals surface area (Å²) in [5.74, 6) is 1.13. The first kappa shape index (κ1) is 21.6. The fraction of sp³-hybridized carbons (Fsp3) is 0.208. The van der Waals surface area contributed by atoms with Gasteiger partial charge in [0.15, 0.2) is 6.61 Å². The first-order valence-electron chi connectivity index (χ1n) is 10.3.